The number of para-hydroxylation sites is 1. The minimum Gasteiger partial charge on any atom is -0.345 e. The number of rotatable bonds is 2. The van der Waals surface area contributed by atoms with Gasteiger partial charge in [0.1, 0.15) is 0 Å². The fraction of sp³-hybridized carbons (Fsp3) is 0.333. The van der Waals surface area contributed by atoms with Gasteiger partial charge in [0.25, 0.3) is 0 Å². The van der Waals surface area contributed by atoms with E-state index in [-0.39, 0.29) is 17.7 Å². The number of likely N-dealkylation sites (tertiary alicyclic amines) is 1. The van der Waals surface area contributed by atoms with Gasteiger partial charge in [-0.15, -0.1) is 0 Å². The molecular weight excluding hydrogens is 204 g/mol. The summed E-state index contributed by atoms with van der Waals surface area (Å²) in [5.41, 5.74) is 0.773. The molecule has 1 aromatic carbocycles. The van der Waals surface area contributed by atoms with Crippen LogP contribution in [0, 0.1) is 5.92 Å². The summed E-state index contributed by atoms with van der Waals surface area (Å²) in [5.74, 6) is -0.269. The van der Waals surface area contributed by atoms with Crippen molar-refractivity contribution in [2.45, 2.75) is 6.42 Å². The summed E-state index contributed by atoms with van der Waals surface area (Å²) in [4.78, 5) is 24.7. The summed E-state index contributed by atoms with van der Waals surface area (Å²) in [6.45, 7) is 0.511. The van der Waals surface area contributed by atoms with Gasteiger partial charge in [0, 0.05) is 25.7 Å². The molecule has 0 radical (unpaired) electrons. The maximum Gasteiger partial charge on any atom is 0.229 e. The second-order valence-electron chi connectivity index (χ2n) is 4.03. The molecule has 4 heteroatoms. The molecule has 1 fully saturated rings. The quantitative estimate of drug-likeness (QED) is 0.808. The maximum absolute atomic E-state index is 11.8. The largest absolute Gasteiger partial charge is 0.345 e. The van der Waals surface area contributed by atoms with E-state index in [2.05, 4.69) is 5.32 Å². The molecule has 1 aliphatic heterocycles. The zero-order valence-corrected chi connectivity index (χ0v) is 9.14. The van der Waals surface area contributed by atoms with Gasteiger partial charge < -0.3 is 10.2 Å². The molecule has 0 spiro atoms. The lowest BCUT2D eigenvalue weighted by molar-refractivity contribution is -0.127. The van der Waals surface area contributed by atoms with Crippen molar-refractivity contribution in [2.75, 3.05) is 18.9 Å². The smallest absolute Gasteiger partial charge is 0.229 e. The zero-order chi connectivity index (χ0) is 11.5. The Morgan fingerprint density at radius 2 is 2.06 bits per heavy atom. The van der Waals surface area contributed by atoms with Crippen LogP contribution in [0.5, 0.6) is 0 Å². The topological polar surface area (TPSA) is 49.4 Å². The second kappa shape index (κ2) is 4.35. The summed E-state index contributed by atoms with van der Waals surface area (Å²) in [7, 11) is 1.72. The van der Waals surface area contributed by atoms with Crippen LogP contribution in [-0.4, -0.2) is 30.3 Å². The lowest BCUT2D eigenvalue weighted by Crippen LogP contribution is -2.25. The number of amides is 2. The highest BCUT2D eigenvalue weighted by Crippen LogP contribution is 2.18. The summed E-state index contributed by atoms with van der Waals surface area (Å²) in [6.07, 6.45) is 0.315. The molecule has 1 aliphatic rings. The van der Waals surface area contributed by atoms with E-state index in [4.69, 9.17) is 0 Å². The van der Waals surface area contributed by atoms with E-state index < -0.39 is 0 Å². The Bertz CT molecular complexity index is 403. The first-order valence-electron chi connectivity index (χ1n) is 5.26. The average Bonchev–Trinajstić information content (AvgIpc) is 2.61. The standard InChI is InChI=1S/C12H14N2O2/c1-14-8-9(7-11(14)15)12(16)13-10-5-3-2-4-6-10/h2-6,9H,7-8H2,1H3,(H,13,16). The van der Waals surface area contributed by atoms with Crippen LogP contribution in [-0.2, 0) is 9.59 Å². The number of nitrogens with one attached hydrogen (secondary N) is 1. The molecule has 0 bridgehead atoms. The van der Waals surface area contributed by atoms with Crippen LogP contribution < -0.4 is 5.32 Å². The van der Waals surface area contributed by atoms with Crippen molar-refractivity contribution in [1.82, 2.24) is 4.90 Å². The van der Waals surface area contributed by atoms with Crippen LogP contribution in [0.2, 0.25) is 0 Å². The minimum absolute atomic E-state index is 0.0354. The number of hydrogen-bond acceptors (Lipinski definition) is 2. The van der Waals surface area contributed by atoms with Gasteiger partial charge >= 0.3 is 0 Å². The summed E-state index contributed by atoms with van der Waals surface area (Å²) in [6, 6.07) is 9.28. The van der Waals surface area contributed by atoms with Crippen LogP contribution in [0.3, 0.4) is 0 Å². The number of carbonyl (C=O) groups is 2. The Morgan fingerprint density at radius 1 is 1.38 bits per heavy atom. The number of anilines is 1. The van der Waals surface area contributed by atoms with Crippen molar-refractivity contribution in [2.24, 2.45) is 5.92 Å². The van der Waals surface area contributed by atoms with Gasteiger partial charge in [-0.1, -0.05) is 18.2 Å². The van der Waals surface area contributed by atoms with E-state index in [1.54, 1.807) is 11.9 Å². The highest BCUT2D eigenvalue weighted by molar-refractivity contribution is 5.97. The van der Waals surface area contributed by atoms with Crippen LogP contribution in [0.25, 0.3) is 0 Å². The fourth-order valence-corrected chi connectivity index (χ4v) is 1.80. The predicted octanol–water partition coefficient (Wildman–Crippen LogP) is 1.10. The van der Waals surface area contributed by atoms with Crippen molar-refractivity contribution < 1.29 is 9.59 Å². The van der Waals surface area contributed by atoms with Gasteiger partial charge in [-0.2, -0.15) is 0 Å². The van der Waals surface area contributed by atoms with Gasteiger partial charge in [-0.25, -0.2) is 0 Å². The molecule has 1 heterocycles. The molecular formula is C12H14N2O2. The Hall–Kier alpha value is -1.84. The Balaban J connectivity index is 1.97. The normalized spacial score (nSPS) is 19.9. The van der Waals surface area contributed by atoms with Crippen molar-refractivity contribution >= 4 is 17.5 Å². The van der Waals surface area contributed by atoms with E-state index in [0.29, 0.717) is 13.0 Å². The van der Waals surface area contributed by atoms with Crippen molar-refractivity contribution in [3.63, 3.8) is 0 Å². The van der Waals surface area contributed by atoms with Gasteiger partial charge in [-0.05, 0) is 12.1 Å². The highest BCUT2D eigenvalue weighted by Gasteiger charge is 2.31. The first-order valence-corrected chi connectivity index (χ1v) is 5.26. The molecule has 2 amide bonds. The molecule has 4 nitrogen and oxygen atoms in total. The average molecular weight is 218 g/mol. The molecule has 84 valence electrons. The molecule has 0 aliphatic carbocycles. The third kappa shape index (κ3) is 2.21. The Labute approximate surface area is 94.2 Å². The Kier molecular flexibility index (Phi) is 2.90. The number of carbonyl (C=O) groups excluding carboxylic acids is 2. The number of hydrogen-bond donors (Lipinski definition) is 1. The third-order valence-electron chi connectivity index (χ3n) is 2.75. The summed E-state index contributed by atoms with van der Waals surface area (Å²) < 4.78 is 0. The molecule has 1 aromatic rings. The lowest BCUT2D eigenvalue weighted by atomic mass is 10.1. The van der Waals surface area contributed by atoms with Crippen LogP contribution in [0.15, 0.2) is 30.3 Å². The van der Waals surface area contributed by atoms with Gasteiger partial charge in [0.15, 0.2) is 0 Å². The fourth-order valence-electron chi connectivity index (χ4n) is 1.80. The Morgan fingerprint density at radius 3 is 2.62 bits per heavy atom. The van der Waals surface area contributed by atoms with E-state index >= 15 is 0 Å². The second-order valence-corrected chi connectivity index (χ2v) is 4.03. The first-order chi connectivity index (χ1) is 7.66. The van der Waals surface area contributed by atoms with E-state index in [1.165, 1.54) is 0 Å². The predicted molar refractivity (Wildman–Crippen MR) is 60.8 cm³/mol. The SMILES string of the molecule is CN1CC(C(=O)Nc2ccccc2)CC1=O. The monoisotopic (exact) mass is 218 g/mol. The van der Waals surface area contributed by atoms with E-state index in [0.717, 1.165) is 5.69 Å². The third-order valence-corrected chi connectivity index (χ3v) is 2.75. The highest BCUT2D eigenvalue weighted by atomic mass is 16.2. The summed E-state index contributed by atoms with van der Waals surface area (Å²) in [5, 5.41) is 2.81. The van der Waals surface area contributed by atoms with Crippen LogP contribution in [0.1, 0.15) is 6.42 Å². The molecule has 16 heavy (non-hydrogen) atoms. The van der Waals surface area contributed by atoms with Gasteiger partial charge in [0.2, 0.25) is 11.8 Å². The molecule has 1 atom stereocenters. The van der Waals surface area contributed by atoms with Crippen molar-refractivity contribution in [3.05, 3.63) is 30.3 Å². The molecule has 1 saturated heterocycles. The van der Waals surface area contributed by atoms with E-state index in [1.807, 2.05) is 30.3 Å². The molecule has 0 aromatic heterocycles. The zero-order valence-electron chi connectivity index (χ0n) is 9.14. The lowest BCUT2D eigenvalue weighted by Gasteiger charge is -2.10. The molecule has 0 saturated carbocycles. The molecule has 1 N–H and O–H groups in total. The molecule has 2 rings (SSSR count). The van der Waals surface area contributed by atoms with Crippen LogP contribution in [0.4, 0.5) is 5.69 Å². The van der Waals surface area contributed by atoms with Crippen molar-refractivity contribution in [1.29, 1.82) is 0 Å². The maximum atomic E-state index is 11.8. The molecule has 1 unspecified atom stereocenters. The minimum atomic E-state index is -0.224. The van der Waals surface area contributed by atoms with Gasteiger partial charge in [-0.3, -0.25) is 9.59 Å². The summed E-state index contributed by atoms with van der Waals surface area (Å²) >= 11 is 0. The van der Waals surface area contributed by atoms with Crippen molar-refractivity contribution in [3.8, 4) is 0 Å². The number of nitrogens with zero attached hydrogens (tertiary/aromatic N) is 1. The van der Waals surface area contributed by atoms with E-state index in [9.17, 15) is 9.59 Å². The van der Waals surface area contributed by atoms with Gasteiger partial charge in [0.05, 0.1) is 5.92 Å². The first kappa shape index (κ1) is 10.7. The number of benzene rings is 1. The van der Waals surface area contributed by atoms with Crippen LogP contribution >= 0.6 is 0 Å².